The molecule has 0 saturated heterocycles. The van der Waals surface area contributed by atoms with Crippen LogP contribution in [0.4, 0.5) is 0 Å². The summed E-state index contributed by atoms with van der Waals surface area (Å²) in [6.07, 6.45) is 4.51. The first-order valence-electron chi connectivity index (χ1n) is 11.8. The fourth-order valence-electron chi connectivity index (χ4n) is 6.55. The van der Waals surface area contributed by atoms with Gasteiger partial charge in [-0.05, 0) is 85.3 Å². The van der Waals surface area contributed by atoms with Crippen LogP contribution in [-0.4, -0.2) is 28.8 Å². The zero-order valence-electron chi connectivity index (χ0n) is 19.5. The number of methoxy groups -OCH3 is 1. The van der Waals surface area contributed by atoms with E-state index in [0.717, 1.165) is 60.2 Å². The van der Waals surface area contributed by atoms with E-state index in [2.05, 4.69) is 23.3 Å². The van der Waals surface area contributed by atoms with Crippen molar-refractivity contribution in [2.45, 2.75) is 51.6 Å². The maximum Gasteiger partial charge on any atom is 0.160 e. The number of ether oxygens (including phenoxy) is 1. The number of aromatic hydroxyl groups is 1. The first-order chi connectivity index (χ1) is 16.5. The van der Waals surface area contributed by atoms with Gasteiger partial charge in [-0.2, -0.15) is 5.26 Å². The predicted molar refractivity (Wildman–Crippen MR) is 127 cm³/mol. The lowest BCUT2D eigenvalue weighted by Gasteiger charge is -2.48. The smallest absolute Gasteiger partial charge is 0.160 e. The van der Waals surface area contributed by atoms with Gasteiger partial charge in [0, 0.05) is 11.0 Å². The highest BCUT2D eigenvalue weighted by atomic mass is 16.6. The van der Waals surface area contributed by atoms with E-state index in [-0.39, 0.29) is 17.8 Å². The number of oxime groups is 2. The number of fused-ring (bicyclic) bond motifs is 5. The monoisotopic (exact) mass is 459 g/mol. The van der Waals surface area contributed by atoms with Crippen LogP contribution < -0.4 is 4.74 Å². The SMILES string of the molecule is COc1cc2c(cc1O)C(=NOCc1cccc(C#N)c1)C[C@@H]1[C@@H]2CC[C@]2(C)C(=NO)CC[C@@H]12. The lowest BCUT2D eigenvalue weighted by molar-refractivity contribution is 0.103. The third-order valence-corrected chi connectivity index (χ3v) is 8.25. The second kappa shape index (κ2) is 8.68. The molecule has 5 rings (SSSR count). The maximum absolute atomic E-state index is 10.5. The Morgan fingerprint density at radius 3 is 2.85 bits per heavy atom. The molecular weight excluding hydrogens is 430 g/mol. The van der Waals surface area contributed by atoms with E-state index in [9.17, 15) is 10.3 Å². The molecular formula is C27H29N3O4. The van der Waals surface area contributed by atoms with Gasteiger partial charge >= 0.3 is 0 Å². The fourth-order valence-corrected chi connectivity index (χ4v) is 6.55. The third kappa shape index (κ3) is 3.58. The van der Waals surface area contributed by atoms with Crippen molar-refractivity contribution in [2.75, 3.05) is 7.11 Å². The zero-order valence-corrected chi connectivity index (χ0v) is 19.5. The molecule has 0 radical (unpaired) electrons. The predicted octanol–water partition coefficient (Wildman–Crippen LogP) is 5.34. The van der Waals surface area contributed by atoms with Crippen LogP contribution in [0.15, 0.2) is 46.7 Å². The van der Waals surface area contributed by atoms with Gasteiger partial charge < -0.3 is 19.9 Å². The molecule has 2 aromatic rings. The summed E-state index contributed by atoms with van der Waals surface area (Å²) in [5, 5.41) is 37.5. The Morgan fingerprint density at radius 1 is 1.24 bits per heavy atom. The average Bonchev–Trinajstić information content (AvgIpc) is 3.20. The Hall–Kier alpha value is -3.53. The number of phenols is 1. The van der Waals surface area contributed by atoms with Crippen molar-refractivity contribution >= 4 is 11.4 Å². The maximum atomic E-state index is 10.5. The number of benzene rings is 2. The van der Waals surface area contributed by atoms with Gasteiger partial charge in [0.05, 0.1) is 30.2 Å². The zero-order chi connectivity index (χ0) is 23.9. The summed E-state index contributed by atoms with van der Waals surface area (Å²) in [6, 6.07) is 13.1. The van der Waals surface area contributed by atoms with Crippen molar-refractivity contribution in [1.82, 2.24) is 0 Å². The molecule has 3 aliphatic rings. The van der Waals surface area contributed by atoms with Gasteiger partial charge in [-0.3, -0.25) is 0 Å². The van der Waals surface area contributed by atoms with E-state index in [1.54, 1.807) is 25.3 Å². The molecule has 2 aromatic carbocycles. The number of rotatable bonds is 4. The molecule has 0 bridgehead atoms. The number of hydrogen-bond donors (Lipinski definition) is 2. The van der Waals surface area contributed by atoms with Gasteiger partial charge in [-0.25, -0.2) is 0 Å². The van der Waals surface area contributed by atoms with Crippen LogP contribution in [0.2, 0.25) is 0 Å². The van der Waals surface area contributed by atoms with Crippen molar-refractivity contribution in [1.29, 1.82) is 5.26 Å². The first-order valence-corrected chi connectivity index (χ1v) is 11.8. The second-order valence-electron chi connectivity index (χ2n) is 9.86. The van der Waals surface area contributed by atoms with E-state index in [0.29, 0.717) is 29.1 Å². The van der Waals surface area contributed by atoms with Crippen molar-refractivity contribution in [3.05, 3.63) is 58.7 Å². The van der Waals surface area contributed by atoms with Crippen LogP contribution in [0.25, 0.3) is 0 Å². The van der Waals surface area contributed by atoms with Crippen LogP contribution in [0.3, 0.4) is 0 Å². The average molecular weight is 460 g/mol. The van der Waals surface area contributed by atoms with E-state index < -0.39 is 0 Å². The molecule has 0 spiro atoms. The molecule has 7 nitrogen and oxygen atoms in total. The molecule has 0 aromatic heterocycles. The minimum Gasteiger partial charge on any atom is -0.504 e. The molecule has 0 heterocycles. The summed E-state index contributed by atoms with van der Waals surface area (Å²) in [5.74, 6) is 1.61. The molecule has 3 aliphatic carbocycles. The van der Waals surface area contributed by atoms with Crippen LogP contribution in [0.5, 0.6) is 11.5 Å². The van der Waals surface area contributed by atoms with Crippen LogP contribution >= 0.6 is 0 Å². The van der Waals surface area contributed by atoms with Gasteiger partial charge in [0.25, 0.3) is 0 Å². The molecule has 0 unspecified atom stereocenters. The van der Waals surface area contributed by atoms with Gasteiger partial charge in [-0.15, -0.1) is 0 Å². The molecule has 2 N–H and O–H groups in total. The van der Waals surface area contributed by atoms with Crippen molar-refractivity contribution in [2.24, 2.45) is 27.6 Å². The van der Waals surface area contributed by atoms with E-state index in [1.165, 1.54) is 0 Å². The minimum atomic E-state index is -0.0991. The van der Waals surface area contributed by atoms with Crippen LogP contribution in [-0.2, 0) is 11.4 Å². The Morgan fingerprint density at radius 2 is 2.09 bits per heavy atom. The standard InChI is InChI=1S/C27H29N3O4/c1-27-9-8-18-19-13-25(33-2)24(31)12-21(19)23(11-20(18)22(27)6-7-26(27)29-32)30-34-15-17-5-3-4-16(10-17)14-28/h3-5,10,12-13,18,20,22,31-32H,6-9,11,15H2,1-2H3/t18-,20-,22+,27+/m1/s1. The molecule has 2 saturated carbocycles. The van der Waals surface area contributed by atoms with E-state index >= 15 is 0 Å². The molecule has 176 valence electrons. The van der Waals surface area contributed by atoms with Gasteiger partial charge in [0.1, 0.15) is 6.61 Å². The Labute approximate surface area is 199 Å². The van der Waals surface area contributed by atoms with Gasteiger partial charge in [0.2, 0.25) is 0 Å². The number of nitriles is 1. The Kier molecular flexibility index (Phi) is 5.68. The highest BCUT2D eigenvalue weighted by Crippen LogP contribution is 2.60. The summed E-state index contributed by atoms with van der Waals surface area (Å²) in [7, 11) is 1.56. The highest BCUT2D eigenvalue weighted by molar-refractivity contribution is 6.04. The summed E-state index contributed by atoms with van der Waals surface area (Å²) >= 11 is 0. The van der Waals surface area contributed by atoms with Crippen LogP contribution in [0.1, 0.15) is 67.2 Å². The molecule has 0 aliphatic heterocycles. The topological polar surface area (TPSA) is 107 Å². The summed E-state index contributed by atoms with van der Waals surface area (Å²) < 4.78 is 5.43. The number of hydrogen-bond acceptors (Lipinski definition) is 7. The molecule has 4 atom stereocenters. The lowest BCUT2D eigenvalue weighted by Crippen LogP contribution is -2.43. The Balaban J connectivity index is 1.50. The normalized spacial score (nSPS) is 29.7. The number of nitrogens with zero attached hydrogens (tertiary/aromatic N) is 3. The third-order valence-electron chi connectivity index (χ3n) is 8.25. The summed E-state index contributed by atoms with van der Waals surface area (Å²) in [6.45, 7) is 2.49. The van der Waals surface area contributed by atoms with Crippen molar-refractivity contribution in [3.8, 4) is 17.6 Å². The van der Waals surface area contributed by atoms with Gasteiger partial charge in [0.15, 0.2) is 11.5 Å². The molecule has 7 heteroatoms. The summed E-state index contributed by atoms with van der Waals surface area (Å²) in [5.41, 5.74) is 5.12. The number of phenolic OH excluding ortho intramolecular Hbond substituents is 1. The molecule has 0 amide bonds. The second-order valence-corrected chi connectivity index (χ2v) is 9.86. The summed E-state index contributed by atoms with van der Waals surface area (Å²) in [4.78, 5) is 5.77. The fraction of sp³-hybridized carbons (Fsp3) is 0.444. The lowest BCUT2D eigenvalue weighted by atomic mass is 9.55. The Bertz CT molecular complexity index is 1210. The van der Waals surface area contributed by atoms with Crippen molar-refractivity contribution < 1.29 is 19.9 Å². The van der Waals surface area contributed by atoms with E-state index in [4.69, 9.17) is 14.8 Å². The molecule has 34 heavy (non-hydrogen) atoms. The quantitative estimate of drug-likeness (QED) is 0.474. The highest BCUT2D eigenvalue weighted by Gasteiger charge is 2.54. The minimum absolute atomic E-state index is 0.0883. The first kappa shape index (κ1) is 22.3. The van der Waals surface area contributed by atoms with Crippen LogP contribution in [0, 0.1) is 28.6 Å². The largest absolute Gasteiger partial charge is 0.504 e. The van der Waals surface area contributed by atoms with Gasteiger partial charge in [-0.1, -0.05) is 29.4 Å². The van der Waals surface area contributed by atoms with E-state index in [1.807, 2.05) is 18.2 Å². The van der Waals surface area contributed by atoms with Crippen molar-refractivity contribution in [3.63, 3.8) is 0 Å². The molecule has 2 fully saturated rings.